The third-order valence-corrected chi connectivity index (χ3v) is 8.39. The lowest BCUT2D eigenvalue weighted by atomic mass is 9.90. The Hall–Kier alpha value is -2.16. The van der Waals surface area contributed by atoms with Gasteiger partial charge in [-0.1, -0.05) is 30.3 Å². The predicted octanol–water partition coefficient (Wildman–Crippen LogP) is 4.51. The third kappa shape index (κ3) is 4.61. The predicted molar refractivity (Wildman–Crippen MR) is 128 cm³/mol. The molecule has 3 aromatic rings. The van der Waals surface area contributed by atoms with Crippen molar-refractivity contribution in [2.75, 3.05) is 6.26 Å². The molecule has 0 saturated carbocycles. The second-order valence-corrected chi connectivity index (χ2v) is 12.2. The Morgan fingerprint density at radius 2 is 1.88 bits per heavy atom. The van der Waals surface area contributed by atoms with Crippen LogP contribution in [0.15, 0.2) is 51.1 Å². The van der Waals surface area contributed by atoms with Gasteiger partial charge < -0.3 is 19.2 Å². The van der Waals surface area contributed by atoms with E-state index in [1.807, 2.05) is 36.6 Å². The van der Waals surface area contributed by atoms with E-state index in [-0.39, 0.29) is 16.9 Å². The number of aromatic nitrogens is 1. The van der Waals surface area contributed by atoms with Crippen molar-refractivity contribution in [1.29, 1.82) is 0 Å². The monoisotopic (exact) mass is 506 g/mol. The minimum Gasteiger partial charge on any atom is -0.550 e. The van der Waals surface area contributed by atoms with E-state index < -0.39 is 21.7 Å². The molecule has 6 nitrogen and oxygen atoms in total. The van der Waals surface area contributed by atoms with E-state index >= 15 is 0 Å². The number of fused-ring (bicyclic) bond motifs is 3. The highest BCUT2D eigenvalue weighted by Gasteiger charge is 2.36. The van der Waals surface area contributed by atoms with Crippen LogP contribution in [0, 0.1) is 5.92 Å². The Balaban J connectivity index is 2.04. The van der Waals surface area contributed by atoms with Crippen molar-refractivity contribution in [3.05, 3.63) is 47.1 Å². The van der Waals surface area contributed by atoms with Crippen LogP contribution in [0.1, 0.15) is 38.8 Å². The van der Waals surface area contributed by atoms with Crippen molar-refractivity contribution < 1.29 is 23.1 Å². The van der Waals surface area contributed by atoms with E-state index in [1.54, 1.807) is 25.1 Å². The smallest absolute Gasteiger partial charge is 0.176 e. The summed E-state index contributed by atoms with van der Waals surface area (Å²) in [5.74, 6) is -1.65. The summed E-state index contributed by atoms with van der Waals surface area (Å²) in [5, 5.41) is 13.0. The second-order valence-electron chi connectivity index (χ2n) is 8.68. The first kappa shape index (κ1) is 24.0. The molecule has 0 aliphatic carbocycles. The van der Waals surface area contributed by atoms with Gasteiger partial charge in [0.2, 0.25) is 0 Å². The number of hydrogen-bond acceptors (Lipinski definition) is 6. The summed E-state index contributed by atoms with van der Waals surface area (Å²) < 4.78 is 33.7. The normalized spacial score (nSPS) is 16.8. The Kier molecular flexibility index (Phi) is 6.46. The zero-order chi connectivity index (χ0) is 24.1. The van der Waals surface area contributed by atoms with E-state index in [0.29, 0.717) is 29.1 Å². The molecule has 1 aromatic heterocycles. The van der Waals surface area contributed by atoms with E-state index in [1.165, 1.54) is 18.0 Å². The summed E-state index contributed by atoms with van der Waals surface area (Å²) in [6.45, 7) is 6.00. The lowest BCUT2D eigenvalue weighted by molar-refractivity contribution is -0.311. The minimum absolute atomic E-state index is 0.128. The molecule has 0 saturated heterocycles. The molecule has 4 rings (SSSR count). The quantitative estimate of drug-likeness (QED) is 0.468. The van der Waals surface area contributed by atoms with Gasteiger partial charge in [0.05, 0.1) is 16.5 Å². The molecule has 0 spiro atoms. The molecular weight excluding hydrogens is 482 g/mol. The van der Waals surface area contributed by atoms with Gasteiger partial charge in [-0.2, -0.15) is 0 Å². The summed E-state index contributed by atoms with van der Waals surface area (Å²) in [6.07, 6.45) is 1.69. The summed E-state index contributed by atoms with van der Waals surface area (Å²) in [4.78, 5) is 13.6. The number of carboxylic acid groups (broad SMARTS) is 1. The summed E-state index contributed by atoms with van der Waals surface area (Å²) >= 11 is 7.47. The maximum absolute atomic E-state index is 12.9. The van der Waals surface area contributed by atoms with E-state index in [0.717, 1.165) is 21.0 Å². The van der Waals surface area contributed by atoms with Crippen molar-refractivity contribution in [1.82, 2.24) is 4.57 Å². The van der Waals surface area contributed by atoms with Gasteiger partial charge in [0, 0.05) is 62.6 Å². The van der Waals surface area contributed by atoms with Crippen molar-refractivity contribution in [2.24, 2.45) is 5.92 Å². The molecule has 0 amide bonds. The van der Waals surface area contributed by atoms with E-state index in [4.69, 9.17) is 16.3 Å². The van der Waals surface area contributed by atoms with Gasteiger partial charge in [-0.15, -0.1) is 0 Å². The lowest BCUT2D eigenvalue weighted by Crippen LogP contribution is -2.32. The standard InChI is InChI=1S/C24H26ClNO5S2/c1-13(2)31-16-11-19-21(20(12-16)33(4,29)30)23(32-17-7-5-15(25)6-8-17)22-18(9-10-26(19)22)14(3)24(27)28/h5-8,11-14,18H,9-10H2,1-4H3,(H,27,28)/p-1. The first-order chi connectivity index (χ1) is 15.5. The van der Waals surface area contributed by atoms with Crippen molar-refractivity contribution in [3.8, 4) is 5.75 Å². The van der Waals surface area contributed by atoms with Crippen molar-refractivity contribution >= 4 is 50.1 Å². The van der Waals surface area contributed by atoms with Gasteiger partial charge in [0.25, 0.3) is 0 Å². The maximum Gasteiger partial charge on any atom is 0.176 e. The number of carboxylic acids is 1. The van der Waals surface area contributed by atoms with Gasteiger partial charge in [-0.3, -0.25) is 0 Å². The number of halogens is 1. The maximum atomic E-state index is 12.9. The fourth-order valence-corrected chi connectivity index (χ4v) is 6.71. The first-order valence-electron chi connectivity index (χ1n) is 10.7. The molecule has 2 heterocycles. The van der Waals surface area contributed by atoms with Gasteiger partial charge in [-0.05, 0) is 50.6 Å². The molecule has 1 aliphatic rings. The topological polar surface area (TPSA) is 88.4 Å². The average molecular weight is 507 g/mol. The van der Waals surface area contributed by atoms with Crippen LogP contribution in [0.2, 0.25) is 5.02 Å². The summed E-state index contributed by atoms with van der Waals surface area (Å²) in [7, 11) is -3.61. The summed E-state index contributed by atoms with van der Waals surface area (Å²) in [5.41, 5.74) is 1.56. The molecule has 1 aliphatic heterocycles. The number of carbonyl (C=O) groups is 1. The molecule has 0 N–H and O–H groups in total. The number of carbonyl (C=O) groups excluding carboxylic acids is 1. The van der Waals surface area contributed by atoms with Crippen LogP contribution in [-0.2, 0) is 21.2 Å². The zero-order valence-corrected chi connectivity index (χ0v) is 21.2. The minimum atomic E-state index is -3.61. The van der Waals surface area contributed by atoms with Gasteiger partial charge in [0.1, 0.15) is 5.75 Å². The largest absolute Gasteiger partial charge is 0.550 e. The molecule has 2 atom stereocenters. The third-order valence-electron chi connectivity index (χ3n) is 5.89. The number of ether oxygens (including phenoxy) is 1. The van der Waals surface area contributed by atoms with Crippen LogP contribution in [0.5, 0.6) is 5.75 Å². The number of rotatable bonds is 7. The van der Waals surface area contributed by atoms with Crippen LogP contribution in [0.3, 0.4) is 0 Å². The van der Waals surface area contributed by atoms with Crippen molar-refractivity contribution in [2.45, 2.75) is 60.4 Å². The van der Waals surface area contributed by atoms with Crippen LogP contribution in [0.4, 0.5) is 0 Å². The molecular formula is C24H25ClNO5S2-. The Bertz CT molecular complexity index is 1330. The molecule has 33 heavy (non-hydrogen) atoms. The van der Waals surface area contributed by atoms with E-state index in [2.05, 4.69) is 0 Å². The highest BCUT2D eigenvalue weighted by atomic mass is 35.5. The lowest BCUT2D eigenvalue weighted by Gasteiger charge is -2.21. The first-order valence-corrected chi connectivity index (χ1v) is 13.8. The molecule has 0 bridgehead atoms. The van der Waals surface area contributed by atoms with Crippen LogP contribution in [-0.4, -0.2) is 31.3 Å². The Labute approximate surface area is 202 Å². The number of sulfone groups is 1. The average Bonchev–Trinajstić information content (AvgIpc) is 3.27. The molecule has 9 heteroatoms. The van der Waals surface area contributed by atoms with Crippen LogP contribution >= 0.6 is 23.4 Å². The van der Waals surface area contributed by atoms with Crippen molar-refractivity contribution in [3.63, 3.8) is 0 Å². The SMILES string of the molecule is CC(C)Oc1cc(S(C)(=O)=O)c2c(Sc3ccc(Cl)cc3)c3n(c2c1)CCC3C(C)C(=O)[O-]. The fourth-order valence-electron chi connectivity index (χ4n) is 4.42. The van der Waals surface area contributed by atoms with Gasteiger partial charge in [-0.25, -0.2) is 8.42 Å². The molecule has 0 fully saturated rings. The molecule has 0 radical (unpaired) electrons. The number of hydrogen-bond donors (Lipinski definition) is 0. The second kappa shape index (κ2) is 8.89. The molecule has 2 unspecified atom stereocenters. The highest BCUT2D eigenvalue weighted by molar-refractivity contribution is 7.99. The number of benzene rings is 2. The van der Waals surface area contributed by atoms with Crippen LogP contribution < -0.4 is 9.84 Å². The van der Waals surface area contributed by atoms with Gasteiger partial charge in [0.15, 0.2) is 9.84 Å². The Morgan fingerprint density at radius 3 is 2.45 bits per heavy atom. The number of nitrogens with zero attached hydrogens (tertiary/aromatic N) is 1. The number of aryl methyl sites for hydroxylation is 1. The zero-order valence-electron chi connectivity index (χ0n) is 18.8. The van der Waals surface area contributed by atoms with Crippen LogP contribution in [0.25, 0.3) is 10.9 Å². The summed E-state index contributed by atoms with van der Waals surface area (Å²) in [6, 6.07) is 10.7. The highest BCUT2D eigenvalue weighted by Crippen LogP contribution is 2.50. The van der Waals surface area contributed by atoms with E-state index in [9.17, 15) is 18.3 Å². The number of aliphatic carboxylic acids is 1. The Morgan fingerprint density at radius 1 is 1.21 bits per heavy atom. The van der Waals surface area contributed by atoms with Gasteiger partial charge >= 0.3 is 0 Å². The molecule has 2 aromatic carbocycles. The molecule has 176 valence electrons. The fraction of sp³-hybridized carbons (Fsp3) is 0.375.